The van der Waals surface area contributed by atoms with Crippen LogP contribution in [0.15, 0.2) is 60.7 Å². The molecule has 0 nitrogen and oxygen atoms in total. The average molecular weight is 238 g/mol. The Kier molecular flexibility index (Phi) is 3.86. The third-order valence-electron chi connectivity index (χ3n) is 3.53. The van der Waals surface area contributed by atoms with E-state index in [4.69, 9.17) is 0 Å². The van der Waals surface area contributed by atoms with Crippen molar-refractivity contribution in [2.75, 3.05) is 0 Å². The second-order valence-electron chi connectivity index (χ2n) is 6.02. The van der Waals surface area contributed by atoms with Crippen LogP contribution in [0.4, 0.5) is 0 Å². The minimum atomic E-state index is 0.275. The maximum atomic E-state index is 2.33. The van der Waals surface area contributed by atoms with Gasteiger partial charge in [-0.3, -0.25) is 0 Å². The van der Waals surface area contributed by atoms with Crippen LogP contribution < -0.4 is 0 Å². The van der Waals surface area contributed by atoms with Crippen LogP contribution in [0.1, 0.15) is 37.8 Å². The van der Waals surface area contributed by atoms with E-state index in [1.54, 1.807) is 0 Å². The van der Waals surface area contributed by atoms with Crippen molar-refractivity contribution in [3.05, 3.63) is 71.8 Å². The van der Waals surface area contributed by atoms with Gasteiger partial charge in [-0.2, -0.15) is 0 Å². The molecule has 0 bridgehead atoms. The minimum Gasteiger partial charge on any atom is -0.0622 e. The van der Waals surface area contributed by atoms with E-state index in [1.807, 2.05) is 0 Å². The van der Waals surface area contributed by atoms with Crippen molar-refractivity contribution in [3.8, 4) is 0 Å². The lowest BCUT2D eigenvalue weighted by Crippen LogP contribution is -2.20. The molecule has 0 aliphatic carbocycles. The maximum absolute atomic E-state index is 2.33. The first-order valence-electron chi connectivity index (χ1n) is 6.66. The Balaban J connectivity index is 2.28. The molecule has 18 heavy (non-hydrogen) atoms. The summed E-state index contributed by atoms with van der Waals surface area (Å²) in [4.78, 5) is 0. The van der Waals surface area contributed by atoms with Gasteiger partial charge in [-0.15, -0.1) is 0 Å². The molecule has 0 N–H and O–H groups in total. The van der Waals surface area contributed by atoms with Gasteiger partial charge in [0, 0.05) is 0 Å². The quantitative estimate of drug-likeness (QED) is 0.701. The molecule has 0 saturated carbocycles. The maximum Gasteiger partial charge on any atom is -0.00728 e. The molecular weight excluding hydrogens is 216 g/mol. The fraction of sp³-hybridized carbons (Fsp3) is 0.333. The van der Waals surface area contributed by atoms with Crippen molar-refractivity contribution in [2.24, 2.45) is 5.41 Å². The van der Waals surface area contributed by atoms with Gasteiger partial charge in [0.05, 0.1) is 0 Å². The SMILES string of the molecule is CC(C)(C)C(Cc1ccccc1)c1ccccc1. The topological polar surface area (TPSA) is 0 Å². The summed E-state index contributed by atoms with van der Waals surface area (Å²) < 4.78 is 0. The summed E-state index contributed by atoms with van der Waals surface area (Å²) in [6.07, 6.45) is 1.11. The second-order valence-corrected chi connectivity index (χ2v) is 6.02. The second kappa shape index (κ2) is 5.39. The first kappa shape index (κ1) is 12.9. The zero-order valence-corrected chi connectivity index (χ0v) is 11.6. The number of hydrogen-bond donors (Lipinski definition) is 0. The molecule has 0 saturated heterocycles. The molecule has 0 aliphatic heterocycles. The van der Waals surface area contributed by atoms with Crippen LogP contribution in [-0.2, 0) is 6.42 Å². The normalized spacial score (nSPS) is 13.3. The minimum absolute atomic E-state index is 0.275. The van der Waals surface area contributed by atoms with Crippen molar-refractivity contribution < 1.29 is 0 Å². The van der Waals surface area contributed by atoms with Crippen LogP contribution in [-0.4, -0.2) is 0 Å². The molecule has 1 unspecified atom stereocenters. The molecule has 1 atom stereocenters. The third-order valence-corrected chi connectivity index (χ3v) is 3.53. The Bertz CT molecular complexity index is 462. The van der Waals surface area contributed by atoms with Crippen molar-refractivity contribution in [3.63, 3.8) is 0 Å². The van der Waals surface area contributed by atoms with Crippen LogP contribution in [0.25, 0.3) is 0 Å². The summed E-state index contributed by atoms with van der Waals surface area (Å²) in [6.45, 7) is 6.98. The lowest BCUT2D eigenvalue weighted by molar-refractivity contribution is 0.318. The predicted molar refractivity (Wildman–Crippen MR) is 78.8 cm³/mol. The number of hydrogen-bond acceptors (Lipinski definition) is 0. The fourth-order valence-electron chi connectivity index (χ4n) is 2.46. The smallest absolute Gasteiger partial charge is 0.00728 e. The number of rotatable bonds is 3. The van der Waals surface area contributed by atoms with E-state index in [9.17, 15) is 0 Å². The van der Waals surface area contributed by atoms with Gasteiger partial charge in [-0.25, -0.2) is 0 Å². The monoisotopic (exact) mass is 238 g/mol. The predicted octanol–water partition coefficient (Wildman–Crippen LogP) is 5.06. The molecule has 0 aliphatic rings. The Morgan fingerprint density at radius 1 is 0.778 bits per heavy atom. The van der Waals surface area contributed by atoms with E-state index in [1.165, 1.54) is 11.1 Å². The van der Waals surface area contributed by atoms with Crippen LogP contribution >= 0.6 is 0 Å². The summed E-state index contributed by atoms with van der Waals surface area (Å²) in [5, 5.41) is 0. The van der Waals surface area contributed by atoms with Gasteiger partial charge < -0.3 is 0 Å². The summed E-state index contributed by atoms with van der Waals surface area (Å²) in [5.74, 6) is 0.557. The summed E-state index contributed by atoms with van der Waals surface area (Å²) in [6, 6.07) is 21.6. The van der Waals surface area contributed by atoms with E-state index in [0.29, 0.717) is 5.92 Å². The standard InChI is InChI=1S/C18H22/c1-18(2,3)17(16-12-8-5-9-13-16)14-15-10-6-4-7-11-15/h4-13,17H,14H2,1-3H3. The highest BCUT2D eigenvalue weighted by Gasteiger charge is 2.26. The average Bonchev–Trinajstić information content (AvgIpc) is 2.37. The van der Waals surface area contributed by atoms with Crippen molar-refractivity contribution in [1.29, 1.82) is 0 Å². The van der Waals surface area contributed by atoms with Gasteiger partial charge in [0.2, 0.25) is 0 Å². The highest BCUT2D eigenvalue weighted by atomic mass is 14.3. The van der Waals surface area contributed by atoms with Crippen molar-refractivity contribution >= 4 is 0 Å². The zero-order chi connectivity index (χ0) is 13.0. The molecule has 0 spiro atoms. The zero-order valence-electron chi connectivity index (χ0n) is 11.6. The van der Waals surface area contributed by atoms with Crippen LogP contribution in [0.3, 0.4) is 0 Å². The van der Waals surface area contributed by atoms with E-state index in [-0.39, 0.29) is 5.41 Å². The van der Waals surface area contributed by atoms with Gasteiger partial charge in [0.1, 0.15) is 0 Å². The summed E-state index contributed by atoms with van der Waals surface area (Å²) in [7, 11) is 0. The summed E-state index contributed by atoms with van der Waals surface area (Å²) >= 11 is 0. The van der Waals surface area contributed by atoms with E-state index < -0.39 is 0 Å². The van der Waals surface area contributed by atoms with Gasteiger partial charge in [-0.05, 0) is 28.9 Å². The molecular formula is C18H22. The van der Waals surface area contributed by atoms with E-state index in [0.717, 1.165) is 6.42 Å². The molecule has 2 aromatic carbocycles. The molecule has 94 valence electrons. The molecule has 0 heterocycles. The highest BCUT2D eigenvalue weighted by Crippen LogP contribution is 2.37. The first-order valence-corrected chi connectivity index (χ1v) is 6.66. The fourth-order valence-corrected chi connectivity index (χ4v) is 2.46. The van der Waals surface area contributed by atoms with E-state index in [2.05, 4.69) is 81.4 Å². The molecule has 0 fully saturated rings. The van der Waals surface area contributed by atoms with Crippen LogP contribution in [0, 0.1) is 5.41 Å². The van der Waals surface area contributed by atoms with Crippen LogP contribution in [0.2, 0.25) is 0 Å². The van der Waals surface area contributed by atoms with E-state index >= 15 is 0 Å². The molecule has 2 aromatic rings. The highest BCUT2D eigenvalue weighted by molar-refractivity contribution is 5.25. The molecule has 0 heteroatoms. The van der Waals surface area contributed by atoms with Gasteiger partial charge in [0.25, 0.3) is 0 Å². The molecule has 0 aromatic heterocycles. The third kappa shape index (κ3) is 3.22. The van der Waals surface area contributed by atoms with Gasteiger partial charge in [-0.1, -0.05) is 81.4 Å². The molecule has 0 radical (unpaired) electrons. The lowest BCUT2D eigenvalue weighted by atomic mass is 9.73. The Morgan fingerprint density at radius 2 is 1.28 bits per heavy atom. The Morgan fingerprint density at radius 3 is 1.78 bits per heavy atom. The molecule has 2 rings (SSSR count). The van der Waals surface area contributed by atoms with Crippen molar-refractivity contribution in [2.45, 2.75) is 33.1 Å². The van der Waals surface area contributed by atoms with Gasteiger partial charge >= 0.3 is 0 Å². The van der Waals surface area contributed by atoms with Gasteiger partial charge in [0.15, 0.2) is 0 Å². The molecule has 0 amide bonds. The largest absolute Gasteiger partial charge is 0.0622 e. The van der Waals surface area contributed by atoms with Crippen LogP contribution in [0.5, 0.6) is 0 Å². The number of benzene rings is 2. The Hall–Kier alpha value is -1.56. The first-order chi connectivity index (χ1) is 8.57. The summed E-state index contributed by atoms with van der Waals surface area (Å²) in [5.41, 5.74) is 3.13. The van der Waals surface area contributed by atoms with Crippen molar-refractivity contribution in [1.82, 2.24) is 0 Å². The Labute approximate surface area is 111 Å². The lowest BCUT2D eigenvalue weighted by Gasteiger charge is -2.31.